The molecule has 8 heteroatoms. The van der Waals surface area contributed by atoms with E-state index in [1.165, 1.54) is 30.3 Å². The van der Waals surface area contributed by atoms with Crippen LogP contribution in [0.25, 0.3) is 11.0 Å². The van der Waals surface area contributed by atoms with E-state index in [4.69, 9.17) is 26.2 Å². The second-order valence-corrected chi connectivity index (χ2v) is 6.94. The first-order valence-electron chi connectivity index (χ1n) is 8.95. The maximum absolute atomic E-state index is 13.3. The first-order valence-corrected chi connectivity index (χ1v) is 9.33. The van der Waals surface area contributed by atoms with E-state index < -0.39 is 11.8 Å². The highest BCUT2D eigenvalue weighted by molar-refractivity contribution is 6.30. The van der Waals surface area contributed by atoms with Crippen molar-refractivity contribution in [3.8, 4) is 17.2 Å². The van der Waals surface area contributed by atoms with Crippen molar-refractivity contribution >= 4 is 28.6 Å². The molecule has 4 rings (SSSR count). The standard InChI is InChI=1S/C22H16ClFN2O4/c1-26-20-11-16(30-15-5-7-18(24)17(23)10-15)6-8-19(20)25-21(26)12-29-14-4-2-3-13(9-14)22(27)28/h2-11H,12H2,1H3,(H,27,28). The Kier molecular flexibility index (Phi) is 5.29. The number of rotatable bonds is 6. The summed E-state index contributed by atoms with van der Waals surface area (Å²) < 4.78 is 26.7. The van der Waals surface area contributed by atoms with Gasteiger partial charge in [-0.1, -0.05) is 17.7 Å². The zero-order chi connectivity index (χ0) is 21.3. The zero-order valence-electron chi connectivity index (χ0n) is 15.8. The molecule has 0 saturated heterocycles. The normalized spacial score (nSPS) is 10.9. The summed E-state index contributed by atoms with van der Waals surface area (Å²) >= 11 is 5.80. The maximum Gasteiger partial charge on any atom is 0.335 e. The molecule has 4 aromatic rings. The fourth-order valence-corrected chi connectivity index (χ4v) is 3.13. The fraction of sp³-hybridized carbons (Fsp3) is 0.0909. The van der Waals surface area contributed by atoms with Crippen molar-refractivity contribution in [3.05, 3.63) is 82.9 Å². The van der Waals surface area contributed by atoms with Crippen LogP contribution >= 0.6 is 11.6 Å². The lowest BCUT2D eigenvalue weighted by atomic mass is 10.2. The number of carbonyl (C=O) groups is 1. The average Bonchev–Trinajstić information content (AvgIpc) is 3.05. The molecule has 1 aromatic heterocycles. The number of hydrogen-bond acceptors (Lipinski definition) is 4. The van der Waals surface area contributed by atoms with Crippen LogP contribution < -0.4 is 9.47 Å². The van der Waals surface area contributed by atoms with Crippen molar-refractivity contribution in [2.24, 2.45) is 7.05 Å². The van der Waals surface area contributed by atoms with Gasteiger partial charge in [0.2, 0.25) is 0 Å². The van der Waals surface area contributed by atoms with Gasteiger partial charge in [-0.15, -0.1) is 0 Å². The highest BCUT2D eigenvalue weighted by Crippen LogP contribution is 2.29. The number of carboxylic acids is 1. The smallest absolute Gasteiger partial charge is 0.335 e. The third kappa shape index (κ3) is 4.06. The van der Waals surface area contributed by atoms with E-state index >= 15 is 0 Å². The molecule has 30 heavy (non-hydrogen) atoms. The van der Waals surface area contributed by atoms with Crippen LogP contribution in [0, 0.1) is 5.82 Å². The van der Waals surface area contributed by atoms with Crippen LogP contribution in [0.15, 0.2) is 60.7 Å². The Morgan fingerprint density at radius 1 is 1.10 bits per heavy atom. The van der Waals surface area contributed by atoms with Crippen molar-refractivity contribution in [1.82, 2.24) is 9.55 Å². The second-order valence-electron chi connectivity index (χ2n) is 6.54. The number of ether oxygens (including phenoxy) is 2. The monoisotopic (exact) mass is 426 g/mol. The van der Waals surface area contributed by atoms with Crippen molar-refractivity contribution in [3.63, 3.8) is 0 Å². The van der Waals surface area contributed by atoms with Gasteiger partial charge in [0.05, 0.1) is 21.6 Å². The van der Waals surface area contributed by atoms with Gasteiger partial charge < -0.3 is 19.1 Å². The first kappa shape index (κ1) is 19.7. The summed E-state index contributed by atoms with van der Waals surface area (Å²) in [6.45, 7) is 0.165. The Bertz CT molecular complexity index is 1260. The van der Waals surface area contributed by atoms with Crippen LogP contribution in [-0.4, -0.2) is 20.6 Å². The number of imidazole rings is 1. The Hall–Kier alpha value is -3.58. The Balaban J connectivity index is 1.54. The predicted octanol–water partition coefficient (Wildman–Crippen LogP) is 5.44. The van der Waals surface area contributed by atoms with E-state index in [-0.39, 0.29) is 17.2 Å². The Labute approximate surface area is 176 Å². The minimum absolute atomic E-state index is 0.0134. The lowest BCUT2D eigenvalue weighted by Crippen LogP contribution is -2.04. The number of halogens is 2. The molecular formula is C22H16ClFN2O4. The number of hydrogen-bond donors (Lipinski definition) is 1. The van der Waals surface area contributed by atoms with Gasteiger partial charge >= 0.3 is 5.97 Å². The molecule has 0 spiro atoms. The zero-order valence-corrected chi connectivity index (χ0v) is 16.6. The minimum atomic E-state index is -1.02. The molecule has 1 N–H and O–H groups in total. The molecule has 0 saturated carbocycles. The molecule has 0 bridgehead atoms. The summed E-state index contributed by atoms with van der Waals surface area (Å²) in [6, 6.07) is 15.8. The van der Waals surface area contributed by atoms with E-state index in [9.17, 15) is 9.18 Å². The van der Waals surface area contributed by atoms with Gasteiger partial charge in [-0.2, -0.15) is 0 Å². The molecule has 0 aliphatic rings. The quantitative estimate of drug-likeness (QED) is 0.444. The third-order valence-corrected chi connectivity index (χ3v) is 4.81. The van der Waals surface area contributed by atoms with E-state index in [1.807, 2.05) is 23.7 Å². The molecule has 0 fully saturated rings. The first-order chi connectivity index (χ1) is 14.4. The summed E-state index contributed by atoms with van der Waals surface area (Å²) in [5.74, 6) is 0.550. The third-order valence-electron chi connectivity index (χ3n) is 4.52. The molecule has 0 unspecified atom stereocenters. The van der Waals surface area contributed by atoms with Crippen molar-refractivity contribution in [2.75, 3.05) is 0 Å². The largest absolute Gasteiger partial charge is 0.486 e. The molecule has 152 valence electrons. The molecule has 0 amide bonds. The van der Waals surface area contributed by atoms with Crippen molar-refractivity contribution in [1.29, 1.82) is 0 Å². The van der Waals surface area contributed by atoms with Crippen LogP contribution in [0.3, 0.4) is 0 Å². The number of aromatic carboxylic acids is 1. The summed E-state index contributed by atoms with van der Waals surface area (Å²) in [5.41, 5.74) is 1.72. The molecule has 0 radical (unpaired) electrons. The van der Waals surface area contributed by atoms with E-state index in [0.29, 0.717) is 23.1 Å². The van der Waals surface area contributed by atoms with Crippen LogP contribution in [0.2, 0.25) is 5.02 Å². The van der Waals surface area contributed by atoms with Gasteiger partial charge in [0.1, 0.15) is 35.5 Å². The Morgan fingerprint density at radius 3 is 2.63 bits per heavy atom. The van der Waals surface area contributed by atoms with Gasteiger partial charge in [0.25, 0.3) is 0 Å². The van der Waals surface area contributed by atoms with Gasteiger partial charge in [-0.25, -0.2) is 14.2 Å². The van der Waals surface area contributed by atoms with Crippen LogP contribution in [0.4, 0.5) is 4.39 Å². The summed E-state index contributed by atoms with van der Waals surface area (Å²) in [5, 5.41) is 9.07. The molecule has 0 aliphatic carbocycles. The lowest BCUT2D eigenvalue weighted by molar-refractivity contribution is 0.0696. The topological polar surface area (TPSA) is 73.6 Å². The van der Waals surface area contributed by atoms with E-state index in [1.54, 1.807) is 18.2 Å². The number of fused-ring (bicyclic) bond motifs is 1. The van der Waals surface area contributed by atoms with Gasteiger partial charge in [0, 0.05) is 19.2 Å². The summed E-state index contributed by atoms with van der Waals surface area (Å²) in [4.78, 5) is 15.6. The molecular weight excluding hydrogens is 411 g/mol. The fourth-order valence-electron chi connectivity index (χ4n) is 2.96. The lowest BCUT2D eigenvalue weighted by Gasteiger charge is -2.08. The van der Waals surface area contributed by atoms with E-state index in [2.05, 4.69) is 4.98 Å². The molecule has 6 nitrogen and oxygen atoms in total. The number of benzene rings is 3. The number of nitrogens with zero attached hydrogens (tertiary/aromatic N) is 2. The number of carboxylic acid groups (broad SMARTS) is 1. The molecule has 0 atom stereocenters. The van der Waals surface area contributed by atoms with Crippen molar-refractivity contribution < 1.29 is 23.8 Å². The number of aromatic nitrogens is 2. The van der Waals surface area contributed by atoms with E-state index in [0.717, 1.165) is 11.0 Å². The average molecular weight is 427 g/mol. The second kappa shape index (κ2) is 8.04. The van der Waals surface area contributed by atoms with Crippen LogP contribution in [-0.2, 0) is 13.7 Å². The maximum atomic E-state index is 13.3. The summed E-state index contributed by atoms with van der Waals surface area (Å²) in [7, 11) is 1.85. The molecule has 0 aliphatic heterocycles. The van der Waals surface area contributed by atoms with Gasteiger partial charge in [-0.05, 0) is 42.5 Å². The van der Waals surface area contributed by atoms with Crippen LogP contribution in [0.1, 0.15) is 16.2 Å². The predicted molar refractivity (Wildman–Crippen MR) is 110 cm³/mol. The van der Waals surface area contributed by atoms with Crippen molar-refractivity contribution in [2.45, 2.75) is 6.61 Å². The highest BCUT2D eigenvalue weighted by atomic mass is 35.5. The minimum Gasteiger partial charge on any atom is -0.486 e. The molecule has 1 heterocycles. The SMILES string of the molecule is Cn1c(COc2cccc(C(=O)O)c2)nc2ccc(Oc3ccc(F)c(Cl)c3)cc21. The summed E-state index contributed by atoms with van der Waals surface area (Å²) in [6.07, 6.45) is 0. The Morgan fingerprint density at radius 2 is 1.87 bits per heavy atom. The molecule has 3 aromatic carbocycles. The van der Waals surface area contributed by atoms with Gasteiger partial charge in [0.15, 0.2) is 0 Å². The van der Waals surface area contributed by atoms with Crippen LogP contribution in [0.5, 0.6) is 17.2 Å². The van der Waals surface area contributed by atoms with Gasteiger partial charge in [-0.3, -0.25) is 0 Å². The number of aryl methyl sites for hydroxylation is 1. The highest BCUT2D eigenvalue weighted by Gasteiger charge is 2.11.